The number of sulfonamides is 1. The van der Waals surface area contributed by atoms with E-state index in [-0.39, 0.29) is 10.8 Å². The van der Waals surface area contributed by atoms with Crippen LogP contribution in [0.25, 0.3) is 0 Å². The number of carboxylic acid groups (broad SMARTS) is 1. The molecule has 0 saturated heterocycles. The summed E-state index contributed by atoms with van der Waals surface area (Å²) in [6.45, 7) is -0.0415. The van der Waals surface area contributed by atoms with Crippen LogP contribution < -0.4 is 4.72 Å². The summed E-state index contributed by atoms with van der Waals surface area (Å²) in [5.41, 5.74) is -0.974. The summed E-state index contributed by atoms with van der Waals surface area (Å²) < 4.78 is 27.9. The molecule has 1 aliphatic carbocycles. The Morgan fingerprint density at radius 2 is 1.90 bits per heavy atom. The molecule has 0 aromatic carbocycles. The summed E-state index contributed by atoms with van der Waals surface area (Å²) >= 11 is 4.34. The van der Waals surface area contributed by atoms with E-state index in [4.69, 9.17) is 0 Å². The van der Waals surface area contributed by atoms with Gasteiger partial charge >= 0.3 is 5.97 Å². The maximum absolute atomic E-state index is 12.2. The minimum atomic E-state index is -3.65. The molecule has 0 spiro atoms. The Kier molecular flexibility index (Phi) is 5.45. The molecule has 8 heteroatoms. The molecule has 0 aliphatic heterocycles. The van der Waals surface area contributed by atoms with Gasteiger partial charge in [0, 0.05) is 6.54 Å². The van der Waals surface area contributed by atoms with Crippen molar-refractivity contribution in [1.82, 2.24) is 4.72 Å². The summed E-state index contributed by atoms with van der Waals surface area (Å²) in [4.78, 5) is 11.6. The monoisotopic (exact) mass is 395 g/mol. The van der Waals surface area contributed by atoms with Gasteiger partial charge in [0.05, 0.1) is 9.20 Å². The highest BCUT2D eigenvalue weighted by Crippen LogP contribution is 2.35. The molecule has 1 aromatic rings. The Morgan fingerprint density at radius 1 is 1.29 bits per heavy atom. The van der Waals surface area contributed by atoms with Crippen LogP contribution in [-0.2, 0) is 14.8 Å². The van der Waals surface area contributed by atoms with Gasteiger partial charge in [-0.05, 0) is 40.9 Å². The summed E-state index contributed by atoms with van der Waals surface area (Å²) in [5, 5.41) is 9.55. The number of rotatable bonds is 5. The molecule has 2 rings (SSSR count). The first-order valence-electron chi connectivity index (χ1n) is 6.84. The van der Waals surface area contributed by atoms with Crippen molar-refractivity contribution in [2.75, 3.05) is 6.54 Å². The van der Waals surface area contributed by atoms with Crippen LogP contribution in [-0.4, -0.2) is 26.0 Å². The molecule has 5 nitrogen and oxygen atoms in total. The Bertz CT molecular complexity index is 603. The molecule has 2 N–H and O–H groups in total. The topological polar surface area (TPSA) is 83.5 Å². The number of thiophene rings is 1. The largest absolute Gasteiger partial charge is 0.481 e. The fourth-order valence-electron chi connectivity index (χ4n) is 2.62. The third kappa shape index (κ3) is 4.06. The molecule has 0 amide bonds. The van der Waals surface area contributed by atoms with Crippen LogP contribution in [0.2, 0.25) is 0 Å². The minimum Gasteiger partial charge on any atom is -0.481 e. The predicted molar refractivity (Wildman–Crippen MR) is 85.0 cm³/mol. The lowest BCUT2D eigenvalue weighted by Gasteiger charge is -2.27. The summed E-state index contributed by atoms with van der Waals surface area (Å²) in [5.74, 6) is -0.903. The second-order valence-corrected chi connectivity index (χ2v) is 9.84. The van der Waals surface area contributed by atoms with E-state index in [1.807, 2.05) is 0 Å². The highest BCUT2D eigenvalue weighted by Gasteiger charge is 2.39. The molecule has 0 unspecified atom stereocenters. The average Bonchev–Trinajstić information content (AvgIpc) is 2.73. The zero-order valence-electron chi connectivity index (χ0n) is 11.5. The van der Waals surface area contributed by atoms with Crippen molar-refractivity contribution in [3.8, 4) is 0 Å². The lowest BCUT2D eigenvalue weighted by atomic mass is 9.80. The fraction of sp³-hybridized carbons (Fsp3) is 0.615. The standard InChI is InChI=1S/C13H18BrNO4S2/c14-10-5-6-11(20-10)21(18,19)15-9-13(12(16)17)7-3-1-2-4-8-13/h5-6,15H,1-4,7-9H2,(H,16,17). The number of carbonyl (C=O) groups is 1. The van der Waals surface area contributed by atoms with Crippen molar-refractivity contribution < 1.29 is 18.3 Å². The molecule has 0 atom stereocenters. The SMILES string of the molecule is O=C(O)C1(CNS(=O)(=O)c2ccc(Br)s2)CCCCCC1. The van der Waals surface area contributed by atoms with Crippen LogP contribution in [0.3, 0.4) is 0 Å². The van der Waals surface area contributed by atoms with Gasteiger partial charge in [-0.1, -0.05) is 25.7 Å². The summed E-state index contributed by atoms with van der Waals surface area (Å²) in [6.07, 6.45) is 4.74. The molecule has 0 radical (unpaired) electrons. The number of halogens is 1. The van der Waals surface area contributed by atoms with Gasteiger partial charge in [0.15, 0.2) is 0 Å². The zero-order valence-corrected chi connectivity index (χ0v) is 14.7. The molecular formula is C13H18BrNO4S2. The number of nitrogens with one attached hydrogen (secondary N) is 1. The average molecular weight is 396 g/mol. The van der Waals surface area contributed by atoms with Gasteiger partial charge in [-0.25, -0.2) is 13.1 Å². The Morgan fingerprint density at radius 3 is 2.38 bits per heavy atom. The molecule has 0 bridgehead atoms. The number of hydrogen-bond donors (Lipinski definition) is 2. The van der Waals surface area contributed by atoms with E-state index in [9.17, 15) is 18.3 Å². The van der Waals surface area contributed by atoms with E-state index < -0.39 is 21.4 Å². The minimum absolute atomic E-state index is 0.0415. The zero-order chi connectivity index (χ0) is 15.5. The third-order valence-electron chi connectivity index (χ3n) is 3.93. The van der Waals surface area contributed by atoms with E-state index in [0.29, 0.717) is 12.8 Å². The summed E-state index contributed by atoms with van der Waals surface area (Å²) in [7, 11) is -3.65. The van der Waals surface area contributed by atoms with Crippen LogP contribution in [0.4, 0.5) is 0 Å². The Hall–Kier alpha value is -0.440. The van der Waals surface area contributed by atoms with Crippen molar-refractivity contribution in [2.45, 2.75) is 42.7 Å². The maximum Gasteiger partial charge on any atom is 0.310 e. The van der Waals surface area contributed by atoms with E-state index in [2.05, 4.69) is 20.7 Å². The molecule has 1 fully saturated rings. The molecular weight excluding hydrogens is 378 g/mol. The number of aliphatic carboxylic acids is 1. The van der Waals surface area contributed by atoms with E-state index >= 15 is 0 Å². The number of hydrogen-bond acceptors (Lipinski definition) is 4. The first-order valence-corrected chi connectivity index (χ1v) is 9.93. The third-order valence-corrected chi connectivity index (χ3v) is 7.45. The second kappa shape index (κ2) is 6.76. The first-order chi connectivity index (χ1) is 9.86. The lowest BCUT2D eigenvalue weighted by Crippen LogP contribution is -2.42. The molecule has 118 valence electrons. The van der Waals surface area contributed by atoms with Crippen LogP contribution in [0.5, 0.6) is 0 Å². The van der Waals surface area contributed by atoms with E-state index in [1.54, 1.807) is 6.07 Å². The molecule has 1 aliphatic rings. The van der Waals surface area contributed by atoms with Crippen LogP contribution in [0.15, 0.2) is 20.1 Å². The smallest absolute Gasteiger partial charge is 0.310 e. The summed E-state index contributed by atoms with van der Waals surface area (Å²) in [6, 6.07) is 3.18. The van der Waals surface area contributed by atoms with Crippen molar-refractivity contribution in [2.24, 2.45) is 5.41 Å². The van der Waals surface area contributed by atoms with Gasteiger partial charge in [0.1, 0.15) is 4.21 Å². The van der Waals surface area contributed by atoms with Gasteiger partial charge in [-0.2, -0.15) is 0 Å². The number of carboxylic acids is 1. The molecule has 1 aromatic heterocycles. The van der Waals surface area contributed by atoms with Crippen LogP contribution in [0, 0.1) is 5.41 Å². The van der Waals surface area contributed by atoms with Gasteiger partial charge in [0.25, 0.3) is 0 Å². The highest BCUT2D eigenvalue weighted by atomic mass is 79.9. The Labute approximate surface area is 136 Å². The first kappa shape index (κ1) is 16.9. The van der Waals surface area contributed by atoms with Crippen molar-refractivity contribution in [3.63, 3.8) is 0 Å². The van der Waals surface area contributed by atoms with Gasteiger partial charge < -0.3 is 5.11 Å². The van der Waals surface area contributed by atoms with Crippen molar-refractivity contribution in [1.29, 1.82) is 0 Å². The maximum atomic E-state index is 12.2. The van der Waals surface area contributed by atoms with Crippen molar-refractivity contribution >= 4 is 43.3 Å². The van der Waals surface area contributed by atoms with E-state index in [1.165, 1.54) is 6.07 Å². The molecule has 21 heavy (non-hydrogen) atoms. The van der Waals surface area contributed by atoms with Gasteiger partial charge in [-0.3, -0.25) is 4.79 Å². The second-order valence-electron chi connectivity index (χ2n) is 5.38. The van der Waals surface area contributed by atoms with Gasteiger partial charge in [-0.15, -0.1) is 11.3 Å². The molecule has 1 saturated carbocycles. The van der Waals surface area contributed by atoms with Crippen molar-refractivity contribution in [3.05, 3.63) is 15.9 Å². The van der Waals surface area contributed by atoms with E-state index in [0.717, 1.165) is 40.8 Å². The molecule has 1 heterocycles. The van der Waals surface area contributed by atoms with Gasteiger partial charge in [0.2, 0.25) is 10.0 Å². The fourth-order valence-corrected chi connectivity index (χ4v) is 5.80. The Balaban J connectivity index is 2.13. The van der Waals surface area contributed by atoms with Crippen LogP contribution in [0.1, 0.15) is 38.5 Å². The highest BCUT2D eigenvalue weighted by molar-refractivity contribution is 9.11. The quantitative estimate of drug-likeness (QED) is 0.749. The lowest BCUT2D eigenvalue weighted by molar-refractivity contribution is -0.149. The van der Waals surface area contributed by atoms with Crippen LogP contribution >= 0.6 is 27.3 Å². The predicted octanol–water partition coefficient (Wildman–Crippen LogP) is 3.21. The normalized spacial score (nSPS) is 19.1.